The number of benzene rings is 1. The smallest absolute Gasteiger partial charge is 0.263 e. The Morgan fingerprint density at radius 2 is 2.42 bits per heavy atom. The van der Waals surface area contributed by atoms with Crippen LogP contribution >= 0.6 is 11.6 Å². The molecule has 0 unspecified atom stereocenters. The van der Waals surface area contributed by atoms with Gasteiger partial charge in [-0.3, -0.25) is 4.79 Å². The van der Waals surface area contributed by atoms with Crippen molar-refractivity contribution >= 4 is 17.5 Å². The molecular formula is C14H15ClN2O2. The number of likely N-dealkylation sites (N-methyl/N-ethyl adjacent to an activating group) is 1. The Morgan fingerprint density at radius 1 is 1.68 bits per heavy atom. The molecule has 1 aromatic carbocycles. The maximum absolute atomic E-state index is 12.2. The van der Waals surface area contributed by atoms with Gasteiger partial charge in [-0.05, 0) is 30.7 Å². The summed E-state index contributed by atoms with van der Waals surface area (Å²) in [6.45, 7) is 2.19. The van der Waals surface area contributed by atoms with Gasteiger partial charge in [0, 0.05) is 25.0 Å². The minimum Gasteiger partial charge on any atom is -0.480 e. The monoisotopic (exact) mass is 278 g/mol. The number of rotatable bonds is 3. The molecule has 4 nitrogen and oxygen atoms in total. The number of fused-ring (bicyclic) bond motifs is 1. The van der Waals surface area contributed by atoms with Crippen molar-refractivity contribution in [2.45, 2.75) is 19.4 Å². The first-order chi connectivity index (χ1) is 9.01. The van der Waals surface area contributed by atoms with Gasteiger partial charge in [0.05, 0.1) is 12.0 Å². The van der Waals surface area contributed by atoms with Gasteiger partial charge in [0.15, 0.2) is 6.10 Å². The van der Waals surface area contributed by atoms with Gasteiger partial charge in [-0.2, -0.15) is 5.26 Å². The zero-order valence-electron chi connectivity index (χ0n) is 10.9. The molecule has 0 spiro atoms. The number of carbonyl (C=O) groups excluding carboxylic acids is 1. The Hall–Kier alpha value is -1.73. The minimum atomic E-state index is -0.510. The van der Waals surface area contributed by atoms with Crippen LogP contribution in [0, 0.1) is 17.2 Å². The Balaban J connectivity index is 2.02. The maximum atomic E-state index is 12.2. The third-order valence-corrected chi connectivity index (χ3v) is 3.35. The van der Waals surface area contributed by atoms with E-state index >= 15 is 0 Å². The largest absolute Gasteiger partial charge is 0.480 e. The van der Waals surface area contributed by atoms with Crippen molar-refractivity contribution in [2.24, 2.45) is 5.92 Å². The van der Waals surface area contributed by atoms with Crippen LogP contribution in [0.15, 0.2) is 18.2 Å². The molecule has 1 aliphatic rings. The second-order valence-electron chi connectivity index (χ2n) is 4.81. The summed E-state index contributed by atoms with van der Waals surface area (Å²) in [6.07, 6.45) is 0.0179. The molecule has 0 saturated heterocycles. The topological polar surface area (TPSA) is 53.3 Å². The summed E-state index contributed by atoms with van der Waals surface area (Å²) in [7, 11) is 1.69. The molecule has 1 heterocycles. The van der Waals surface area contributed by atoms with Gasteiger partial charge in [0.25, 0.3) is 5.91 Å². The Morgan fingerprint density at radius 3 is 3.11 bits per heavy atom. The highest BCUT2D eigenvalue weighted by Gasteiger charge is 2.31. The highest BCUT2D eigenvalue weighted by atomic mass is 35.5. The summed E-state index contributed by atoms with van der Waals surface area (Å²) in [5.74, 6) is 0.422. The van der Waals surface area contributed by atoms with Crippen LogP contribution in [0.25, 0.3) is 0 Å². The lowest BCUT2D eigenvalue weighted by atomic mass is 10.1. The Bertz CT molecular complexity index is 539. The third kappa shape index (κ3) is 2.99. The van der Waals surface area contributed by atoms with E-state index in [1.807, 2.05) is 6.07 Å². The Labute approximate surface area is 117 Å². The van der Waals surface area contributed by atoms with E-state index in [0.717, 1.165) is 5.56 Å². The molecule has 1 aliphatic heterocycles. The van der Waals surface area contributed by atoms with Crippen molar-refractivity contribution in [1.82, 2.24) is 4.90 Å². The van der Waals surface area contributed by atoms with Crippen molar-refractivity contribution in [1.29, 1.82) is 5.26 Å². The number of hydrogen-bond donors (Lipinski definition) is 0. The van der Waals surface area contributed by atoms with Crippen molar-refractivity contribution < 1.29 is 9.53 Å². The van der Waals surface area contributed by atoms with Crippen LogP contribution in [0.5, 0.6) is 5.75 Å². The molecule has 5 heteroatoms. The second kappa shape index (κ2) is 5.50. The van der Waals surface area contributed by atoms with Gasteiger partial charge in [-0.15, -0.1) is 0 Å². The Kier molecular flexibility index (Phi) is 3.96. The third-order valence-electron chi connectivity index (χ3n) is 3.12. The number of halogens is 1. The van der Waals surface area contributed by atoms with Gasteiger partial charge >= 0.3 is 0 Å². The van der Waals surface area contributed by atoms with E-state index in [1.165, 1.54) is 0 Å². The second-order valence-corrected chi connectivity index (χ2v) is 5.25. The molecule has 1 amide bonds. The van der Waals surface area contributed by atoms with Crippen molar-refractivity contribution in [2.75, 3.05) is 13.6 Å². The van der Waals surface area contributed by atoms with Crippen LogP contribution < -0.4 is 4.74 Å². The number of amides is 1. The fourth-order valence-electron chi connectivity index (χ4n) is 2.14. The number of nitriles is 1. The van der Waals surface area contributed by atoms with Crippen molar-refractivity contribution in [3.8, 4) is 11.8 Å². The van der Waals surface area contributed by atoms with Gasteiger partial charge in [-0.25, -0.2) is 0 Å². The van der Waals surface area contributed by atoms with E-state index in [9.17, 15) is 4.79 Å². The zero-order chi connectivity index (χ0) is 14.0. The quantitative estimate of drug-likeness (QED) is 0.852. The first-order valence-corrected chi connectivity index (χ1v) is 6.48. The SMILES string of the molecule is C[C@H](C#N)CN(C)C(=O)[C@H]1Cc2cc(Cl)ccc2O1. The zero-order valence-corrected chi connectivity index (χ0v) is 11.6. The summed E-state index contributed by atoms with van der Waals surface area (Å²) in [5.41, 5.74) is 0.951. The van der Waals surface area contributed by atoms with Crippen LogP contribution in [0.1, 0.15) is 12.5 Å². The lowest BCUT2D eigenvalue weighted by Gasteiger charge is -2.21. The van der Waals surface area contributed by atoms with Crippen LogP contribution in [-0.4, -0.2) is 30.5 Å². The molecule has 0 saturated carbocycles. The summed E-state index contributed by atoms with van der Waals surface area (Å²) < 4.78 is 5.63. The summed E-state index contributed by atoms with van der Waals surface area (Å²) in [4.78, 5) is 13.8. The van der Waals surface area contributed by atoms with Crippen LogP contribution in [0.4, 0.5) is 0 Å². The molecule has 0 fully saturated rings. The van der Waals surface area contributed by atoms with E-state index in [4.69, 9.17) is 21.6 Å². The number of carbonyl (C=O) groups is 1. The molecule has 2 atom stereocenters. The van der Waals surface area contributed by atoms with E-state index in [-0.39, 0.29) is 11.8 Å². The van der Waals surface area contributed by atoms with E-state index in [2.05, 4.69) is 6.07 Å². The van der Waals surface area contributed by atoms with Crippen LogP contribution in [0.2, 0.25) is 5.02 Å². The average molecular weight is 279 g/mol. The fourth-order valence-corrected chi connectivity index (χ4v) is 2.34. The highest BCUT2D eigenvalue weighted by molar-refractivity contribution is 6.30. The molecular weight excluding hydrogens is 264 g/mol. The van der Waals surface area contributed by atoms with Crippen LogP contribution in [-0.2, 0) is 11.2 Å². The average Bonchev–Trinajstić information content (AvgIpc) is 2.80. The maximum Gasteiger partial charge on any atom is 0.263 e. The molecule has 0 aliphatic carbocycles. The van der Waals surface area contributed by atoms with Crippen molar-refractivity contribution in [3.63, 3.8) is 0 Å². The molecule has 0 N–H and O–H groups in total. The van der Waals surface area contributed by atoms with Gasteiger partial charge in [0.1, 0.15) is 5.75 Å². The highest BCUT2D eigenvalue weighted by Crippen LogP contribution is 2.31. The lowest BCUT2D eigenvalue weighted by Crippen LogP contribution is -2.40. The molecule has 2 rings (SSSR count). The van der Waals surface area contributed by atoms with Crippen LogP contribution in [0.3, 0.4) is 0 Å². The predicted octanol–water partition coefficient (Wildman–Crippen LogP) is 2.26. The minimum absolute atomic E-state index is 0.102. The van der Waals surface area contributed by atoms with Gasteiger partial charge in [-0.1, -0.05) is 11.6 Å². The van der Waals surface area contributed by atoms with Crippen molar-refractivity contribution in [3.05, 3.63) is 28.8 Å². The first kappa shape index (κ1) is 13.7. The standard InChI is InChI=1S/C14H15ClN2O2/c1-9(7-16)8-17(2)14(18)13-6-10-5-11(15)3-4-12(10)19-13/h3-5,9,13H,6,8H2,1-2H3/t9-,13-/m1/s1. The van der Waals surface area contributed by atoms with E-state index < -0.39 is 6.10 Å². The molecule has 19 heavy (non-hydrogen) atoms. The first-order valence-electron chi connectivity index (χ1n) is 6.11. The summed E-state index contributed by atoms with van der Waals surface area (Å²) >= 11 is 5.91. The molecule has 0 aromatic heterocycles. The number of hydrogen-bond acceptors (Lipinski definition) is 3. The molecule has 0 bridgehead atoms. The molecule has 100 valence electrons. The number of ether oxygens (including phenoxy) is 1. The predicted molar refractivity (Wildman–Crippen MR) is 72.0 cm³/mol. The molecule has 1 aromatic rings. The lowest BCUT2D eigenvalue weighted by molar-refractivity contribution is -0.136. The summed E-state index contributed by atoms with van der Waals surface area (Å²) in [6, 6.07) is 7.46. The number of nitrogens with zero attached hydrogens (tertiary/aromatic N) is 2. The summed E-state index contributed by atoms with van der Waals surface area (Å²) in [5, 5.41) is 9.41. The van der Waals surface area contributed by atoms with Gasteiger partial charge in [0.2, 0.25) is 0 Å². The van der Waals surface area contributed by atoms with E-state index in [0.29, 0.717) is 23.7 Å². The molecule has 0 radical (unpaired) electrons. The van der Waals surface area contributed by atoms with E-state index in [1.54, 1.807) is 31.0 Å². The van der Waals surface area contributed by atoms with Gasteiger partial charge < -0.3 is 9.64 Å². The fraction of sp³-hybridized carbons (Fsp3) is 0.429. The normalized spacial score (nSPS) is 18.1.